The van der Waals surface area contributed by atoms with Crippen molar-refractivity contribution < 1.29 is 19.4 Å². The molecule has 94 valence electrons. The van der Waals surface area contributed by atoms with Gasteiger partial charge in [-0.1, -0.05) is 0 Å². The van der Waals surface area contributed by atoms with Crippen molar-refractivity contribution in [2.24, 2.45) is 0 Å². The minimum absolute atomic E-state index is 0.104. The van der Waals surface area contributed by atoms with Crippen LogP contribution in [0.2, 0.25) is 0 Å². The molecule has 0 bridgehead atoms. The number of carboxylic acid groups (broad SMARTS) is 1. The molecule has 0 rings (SSSR count). The van der Waals surface area contributed by atoms with E-state index >= 15 is 0 Å². The topological polar surface area (TPSA) is 75.6 Å². The van der Waals surface area contributed by atoms with Crippen LogP contribution in [0.15, 0.2) is 0 Å². The molecule has 0 saturated heterocycles. The van der Waals surface area contributed by atoms with Gasteiger partial charge in [0.05, 0.1) is 5.75 Å². The summed E-state index contributed by atoms with van der Waals surface area (Å²) in [5.74, 6) is -0.000698. The van der Waals surface area contributed by atoms with Crippen LogP contribution in [0.5, 0.6) is 0 Å². The lowest BCUT2D eigenvalue weighted by atomic mass is 10.2. The Bertz CT molecular complexity index is 237. The number of nitrogens with one attached hydrogen (secondary N) is 1. The van der Waals surface area contributed by atoms with Crippen molar-refractivity contribution in [3.8, 4) is 0 Å². The van der Waals surface area contributed by atoms with Gasteiger partial charge in [0.2, 0.25) is 0 Å². The molecule has 0 aromatic heterocycles. The summed E-state index contributed by atoms with van der Waals surface area (Å²) in [6.07, 6.45) is 0.299. The summed E-state index contributed by atoms with van der Waals surface area (Å²) in [6.45, 7) is 5.90. The molecule has 0 saturated carbocycles. The number of alkyl carbamates (subject to hydrolysis) is 1. The maximum atomic E-state index is 11.2. The van der Waals surface area contributed by atoms with Crippen LogP contribution in [0.25, 0.3) is 0 Å². The van der Waals surface area contributed by atoms with E-state index in [1.165, 1.54) is 11.8 Å². The van der Waals surface area contributed by atoms with Crippen LogP contribution in [0.1, 0.15) is 27.2 Å². The van der Waals surface area contributed by atoms with Crippen LogP contribution in [0, 0.1) is 0 Å². The number of rotatable bonds is 6. The average molecular weight is 249 g/mol. The van der Waals surface area contributed by atoms with Crippen molar-refractivity contribution in [1.29, 1.82) is 0 Å². The largest absolute Gasteiger partial charge is 0.481 e. The molecular formula is C10H19NO4S. The Morgan fingerprint density at radius 1 is 1.38 bits per heavy atom. The molecule has 6 heteroatoms. The second kappa shape index (κ2) is 7.38. The average Bonchev–Trinajstić information content (AvgIpc) is 2.07. The number of carboxylic acids is 1. The summed E-state index contributed by atoms with van der Waals surface area (Å²) in [5.41, 5.74) is -0.484. The van der Waals surface area contributed by atoms with Crippen molar-refractivity contribution in [2.75, 3.05) is 18.1 Å². The van der Waals surface area contributed by atoms with Gasteiger partial charge in [-0.3, -0.25) is 4.79 Å². The van der Waals surface area contributed by atoms with Crippen molar-refractivity contribution in [3.63, 3.8) is 0 Å². The molecule has 0 aliphatic rings. The molecule has 0 fully saturated rings. The third-order valence-corrected chi connectivity index (χ3v) is 2.39. The Morgan fingerprint density at radius 3 is 2.50 bits per heavy atom. The molecule has 0 aliphatic carbocycles. The Labute approximate surface area is 99.9 Å². The van der Waals surface area contributed by atoms with E-state index in [9.17, 15) is 9.59 Å². The lowest BCUT2D eigenvalue weighted by Gasteiger charge is -2.19. The van der Waals surface area contributed by atoms with Crippen LogP contribution in [-0.2, 0) is 9.53 Å². The van der Waals surface area contributed by atoms with E-state index in [1.807, 2.05) is 0 Å². The molecule has 1 amide bonds. The molecule has 0 aromatic rings. The number of hydrogen-bond acceptors (Lipinski definition) is 4. The number of amides is 1. The fraction of sp³-hybridized carbons (Fsp3) is 0.800. The Morgan fingerprint density at radius 2 is 2.00 bits per heavy atom. The fourth-order valence-electron chi connectivity index (χ4n) is 0.838. The van der Waals surface area contributed by atoms with Gasteiger partial charge >= 0.3 is 12.1 Å². The number of carbonyl (C=O) groups is 2. The van der Waals surface area contributed by atoms with Gasteiger partial charge in [-0.05, 0) is 32.9 Å². The van der Waals surface area contributed by atoms with Gasteiger partial charge in [0.1, 0.15) is 5.60 Å². The van der Waals surface area contributed by atoms with E-state index < -0.39 is 17.7 Å². The van der Waals surface area contributed by atoms with Gasteiger partial charge in [-0.25, -0.2) is 4.79 Å². The molecule has 0 spiro atoms. The van der Waals surface area contributed by atoms with Crippen LogP contribution in [-0.4, -0.2) is 40.8 Å². The molecular weight excluding hydrogens is 230 g/mol. The summed E-state index contributed by atoms with van der Waals surface area (Å²) in [4.78, 5) is 21.4. The highest BCUT2D eigenvalue weighted by Gasteiger charge is 2.15. The first-order valence-corrected chi connectivity index (χ1v) is 6.23. The molecule has 0 aromatic carbocycles. The highest BCUT2D eigenvalue weighted by molar-refractivity contribution is 7.99. The maximum absolute atomic E-state index is 11.2. The molecule has 0 heterocycles. The molecule has 5 nitrogen and oxygen atoms in total. The number of ether oxygens (including phenoxy) is 1. The lowest BCUT2D eigenvalue weighted by Crippen LogP contribution is -2.33. The van der Waals surface area contributed by atoms with Gasteiger partial charge < -0.3 is 15.2 Å². The van der Waals surface area contributed by atoms with Gasteiger partial charge in [0.15, 0.2) is 0 Å². The zero-order valence-electron chi connectivity index (χ0n) is 9.91. The predicted octanol–water partition coefficient (Wildman–Crippen LogP) is 1.72. The van der Waals surface area contributed by atoms with Gasteiger partial charge in [-0.15, -0.1) is 0 Å². The summed E-state index contributed by atoms with van der Waals surface area (Å²) in [7, 11) is 0. The normalized spacial score (nSPS) is 10.9. The van der Waals surface area contributed by atoms with Crippen LogP contribution in [0.3, 0.4) is 0 Å². The Balaban J connectivity index is 3.38. The molecule has 16 heavy (non-hydrogen) atoms. The molecule has 2 N–H and O–H groups in total. The van der Waals surface area contributed by atoms with Gasteiger partial charge in [0.25, 0.3) is 0 Å². The fourth-order valence-corrected chi connectivity index (χ4v) is 1.51. The zero-order valence-corrected chi connectivity index (χ0v) is 10.7. The zero-order chi connectivity index (χ0) is 12.6. The van der Waals surface area contributed by atoms with Gasteiger partial charge in [-0.2, -0.15) is 11.8 Å². The van der Waals surface area contributed by atoms with Crippen LogP contribution in [0.4, 0.5) is 4.79 Å². The molecule has 0 atom stereocenters. The van der Waals surface area contributed by atoms with Crippen LogP contribution < -0.4 is 5.32 Å². The van der Waals surface area contributed by atoms with Gasteiger partial charge in [0, 0.05) is 6.54 Å². The quantitative estimate of drug-likeness (QED) is 0.701. The first kappa shape index (κ1) is 15.1. The highest BCUT2D eigenvalue weighted by Crippen LogP contribution is 2.06. The van der Waals surface area contributed by atoms with E-state index in [0.717, 1.165) is 6.42 Å². The number of thioether (sulfide) groups is 1. The van der Waals surface area contributed by atoms with Crippen molar-refractivity contribution in [3.05, 3.63) is 0 Å². The van der Waals surface area contributed by atoms with Crippen molar-refractivity contribution >= 4 is 23.8 Å². The third kappa shape index (κ3) is 11.2. The molecule has 0 radical (unpaired) electrons. The van der Waals surface area contributed by atoms with Crippen molar-refractivity contribution in [1.82, 2.24) is 5.32 Å². The molecule has 0 unspecified atom stereocenters. The van der Waals surface area contributed by atoms with Crippen molar-refractivity contribution in [2.45, 2.75) is 32.8 Å². The Kier molecular flexibility index (Phi) is 6.96. The van der Waals surface area contributed by atoms with E-state index in [2.05, 4.69) is 5.32 Å². The van der Waals surface area contributed by atoms with E-state index in [-0.39, 0.29) is 5.75 Å². The van der Waals surface area contributed by atoms with E-state index in [1.54, 1.807) is 20.8 Å². The summed E-state index contributed by atoms with van der Waals surface area (Å²) < 4.78 is 5.03. The van der Waals surface area contributed by atoms with Crippen LogP contribution >= 0.6 is 11.8 Å². The first-order chi connectivity index (χ1) is 7.31. The number of carbonyl (C=O) groups excluding carboxylic acids is 1. The summed E-state index contributed by atoms with van der Waals surface area (Å²) in [5, 5.41) is 11.0. The second-order valence-corrected chi connectivity index (χ2v) is 5.33. The lowest BCUT2D eigenvalue weighted by molar-refractivity contribution is -0.133. The summed E-state index contributed by atoms with van der Waals surface area (Å²) in [6, 6.07) is 0. The minimum atomic E-state index is -0.815. The van der Waals surface area contributed by atoms with E-state index in [0.29, 0.717) is 12.3 Å². The smallest absolute Gasteiger partial charge is 0.407 e. The van der Waals surface area contributed by atoms with E-state index in [4.69, 9.17) is 9.84 Å². The predicted molar refractivity (Wildman–Crippen MR) is 63.8 cm³/mol. The number of aliphatic carboxylic acids is 1. The number of hydrogen-bond donors (Lipinski definition) is 2. The standard InChI is InChI=1S/C10H19NO4S/c1-10(2,3)15-9(14)11-5-4-6-16-7-8(12)13/h4-7H2,1-3H3,(H,11,14)(H,12,13). The monoisotopic (exact) mass is 249 g/mol. The third-order valence-electron chi connectivity index (χ3n) is 1.36. The second-order valence-electron chi connectivity index (χ2n) is 4.23. The minimum Gasteiger partial charge on any atom is -0.481 e. The first-order valence-electron chi connectivity index (χ1n) is 5.07. The Hall–Kier alpha value is -0.910. The maximum Gasteiger partial charge on any atom is 0.407 e. The SMILES string of the molecule is CC(C)(C)OC(=O)NCCCSCC(=O)O. The summed E-state index contributed by atoms with van der Waals surface area (Å²) >= 11 is 1.33. The highest BCUT2D eigenvalue weighted by atomic mass is 32.2. The molecule has 0 aliphatic heterocycles.